The van der Waals surface area contributed by atoms with Crippen LogP contribution in [0.1, 0.15) is 31.2 Å². The summed E-state index contributed by atoms with van der Waals surface area (Å²) in [6.45, 7) is 0.184. The number of carbonyl (C=O) groups excluding carboxylic acids is 4. The molecule has 14 N–H and O–H groups in total. The number of nitrogens with zero attached hydrogens (tertiary/aromatic N) is 1. The summed E-state index contributed by atoms with van der Waals surface area (Å²) in [6.07, 6.45) is 0.244. The number of H-pyrrole nitrogens is 1. The van der Waals surface area contributed by atoms with Crippen molar-refractivity contribution in [1.82, 2.24) is 20.9 Å². The molecule has 1 aromatic carbocycles. The number of guanidine groups is 1. The Balaban J connectivity index is 2.13. The number of aromatic amines is 1. The highest BCUT2D eigenvalue weighted by molar-refractivity contribution is 5.97. The van der Waals surface area contributed by atoms with Crippen LogP contribution in [0, 0.1) is 0 Å². The first-order valence-corrected chi connectivity index (χ1v) is 12.8. The molecule has 0 aliphatic carbocycles. The van der Waals surface area contributed by atoms with Crippen molar-refractivity contribution in [3.05, 3.63) is 36.0 Å². The van der Waals surface area contributed by atoms with Crippen molar-refractivity contribution < 1.29 is 39.0 Å². The van der Waals surface area contributed by atoms with Gasteiger partial charge in [0.25, 0.3) is 0 Å². The minimum Gasteiger partial charge on any atom is -0.481 e. The Morgan fingerprint density at radius 2 is 1.45 bits per heavy atom. The molecule has 0 aliphatic heterocycles. The maximum atomic E-state index is 13.0. The lowest BCUT2D eigenvalue weighted by Crippen LogP contribution is -2.58. The third kappa shape index (κ3) is 10.4. The number of benzene rings is 1. The predicted molar refractivity (Wildman–Crippen MR) is 149 cm³/mol. The summed E-state index contributed by atoms with van der Waals surface area (Å²) in [6, 6.07) is 1.13. The molecule has 17 nitrogen and oxygen atoms in total. The predicted octanol–water partition coefficient (Wildman–Crippen LogP) is -3.02. The Hall–Kier alpha value is -5.19. The number of rotatable bonds is 17. The second kappa shape index (κ2) is 15.6. The van der Waals surface area contributed by atoms with Crippen LogP contribution < -0.4 is 38.9 Å². The number of hydrogen-bond donors (Lipinski definition) is 10. The van der Waals surface area contributed by atoms with Crippen LogP contribution in [0.2, 0.25) is 0 Å². The van der Waals surface area contributed by atoms with E-state index in [1.54, 1.807) is 30.5 Å². The van der Waals surface area contributed by atoms with Gasteiger partial charge >= 0.3 is 11.9 Å². The van der Waals surface area contributed by atoms with Crippen LogP contribution in [0.15, 0.2) is 35.5 Å². The van der Waals surface area contributed by atoms with Crippen molar-refractivity contribution in [3.8, 4) is 0 Å². The maximum Gasteiger partial charge on any atom is 0.326 e. The molecule has 0 bridgehead atoms. The number of nitrogens with one attached hydrogen (secondary N) is 4. The van der Waals surface area contributed by atoms with Crippen LogP contribution in [-0.4, -0.2) is 87.4 Å². The zero-order valence-corrected chi connectivity index (χ0v) is 22.5. The van der Waals surface area contributed by atoms with Gasteiger partial charge in [0, 0.05) is 30.1 Å². The molecule has 2 aromatic rings. The molecule has 4 atom stereocenters. The van der Waals surface area contributed by atoms with Gasteiger partial charge in [0.1, 0.15) is 18.1 Å². The smallest absolute Gasteiger partial charge is 0.326 e. The van der Waals surface area contributed by atoms with Crippen molar-refractivity contribution in [2.75, 3.05) is 6.54 Å². The standard InChI is InChI=1S/C25H35N9O8/c26-14(5-3-7-30-25(28)29)21(38)32-17(10-20(36)37)23(40)33-16(9-19(27)35)22(39)34-18(24(41)42)8-12-11-31-15-6-2-1-4-13(12)15/h1-2,4,6,11,14,16-18,31H,3,5,7-10,26H2,(H2,27,35)(H,32,38)(H,33,40)(H,34,39)(H,36,37)(H,41,42)(H4,28,29,30). The highest BCUT2D eigenvalue weighted by atomic mass is 16.4. The third-order valence-corrected chi connectivity index (χ3v) is 6.07. The van der Waals surface area contributed by atoms with E-state index in [4.69, 9.17) is 22.9 Å². The summed E-state index contributed by atoms with van der Waals surface area (Å²) < 4.78 is 0. The molecule has 228 valence electrons. The monoisotopic (exact) mass is 589 g/mol. The van der Waals surface area contributed by atoms with Gasteiger partial charge in [0.2, 0.25) is 23.6 Å². The number of primary amides is 1. The summed E-state index contributed by atoms with van der Waals surface area (Å²) in [7, 11) is 0. The summed E-state index contributed by atoms with van der Waals surface area (Å²) in [5.41, 5.74) is 22.8. The summed E-state index contributed by atoms with van der Waals surface area (Å²) in [5.74, 6) is -7.06. The number of aromatic nitrogens is 1. The molecule has 1 heterocycles. The molecule has 0 saturated heterocycles. The number of carbonyl (C=O) groups is 6. The first kappa shape index (κ1) is 33.0. The van der Waals surface area contributed by atoms with E-state index in [1.807, 2.05) is 0 Å². The van der Waals surface area contributed by atoms with Gasteiger partial charge in [0.15, 0.2) is 5.96 Å². The van der Waals surface area contributed by atoms with E-state index in [-0.39, 0.29) is 25.3 Å². The lowest BCUT2D eigenvalue weighted by molar-refractivity contribution is -0.143. The molecule has 0 spiro atoms. The van der Waals surface area contributed by atoms with Crippen molar-refractivity contribution in [2.24, 2.45) is 27.9 Å². The Labute approximate surface area is 239 Å². The summed E-state index contributed by atoms with van der Waals surface area (Å²) in [5, 5.41) is 26.4. The number of carboxylic acid groups (broad SMARTS) is 2. The van der Waals surface area contributed by atoms with Crippen LogP contribution in [-0.2, 0) is 35.2 Å². The number of nitrogens with two attached hydrogens (primary N) is 4. The van der Waals surface area contributed by atoms with E-state index in [9.17, 15) is 39.0 Å². The van der Waals surface area contributed by atoms with Gasteiger partial charge < -0.3 is 54.1 Å². The molecule has 4 amide bonds. The number of aliphatic imine (C=N–C) groups is 1. The normalized spacial score (nSPS) is 13.6. The minimum absolute atomic E-state index is 0.101. The Morgan fingerprint density at radius 3 is 2.05 bits per heavy atom. The lowest BCUT2D eigenvalue weighted by atomic mass is 10.0. The van der Waals surface area contributed by atoms with Crippen LogP contribution >= 0.6 is 0 Å². The minimum atomic E-state index is -1.69. The third-order valence-electron chi connectivity index (χ3n) is 6.07. The van der Waals surface area contributed by atoms with E-state index < -0.39 is 72.6 Å². The highest BCUT2D eigenvalue weighted by Crippen LogP contribution is 2.19. The maximum absolute atomic E-state index is 13.0. The number of amides is 4. The van der Waals surface area contributed by atoms with E-state index in [0.717, 1.165) is 10.9 Å². The van der Waals surface area contributed by atoms with Crippen molar-refractivity contribution in [2.45, 2.75) is 56.3 Å². The number of carboxylic acids is 2. The highest BCUT2D eigenvalue weighted by Gasteiger charge is 2.32. The van der Waals surface area contributed by atoms with Gasteiger partial charge in [-0.1, -0.05) is 18.2 Å². The molecular formula is C25H35N9O8. The summed E-state index contributed by atoms with van der Waals surface area (Å²) >= 11 is 0. The largest absolute Gasteiger partial charge is 0.481 e. The van der Waals surface area contributed by atoms with Crippen LogP contribution in [0.4, 0.5) is 0 Å². The lowest BCUT2D eigenvalue weighted by Gasteiger charge is -2.24. The fraction of sp³-hybridized carbons (Fsp3) is 0.400. The molecule has 0 radical (unpaired) electrons. The molecule has 2 rings (SSSR count). The average Bonchev–Trinajstić information content (AvgIpc) is 3.31. The van der Waals surface area contributed by atoms with Crippen LogP contribution in [0.3, 0.4) is 0 Å². The fourth-order valence-electron chi connectivity index (χ4n) is 3.99. The van der Waals surface area contributed by atoms with Crippen molar-refractivity contribution in [3.63, 3.8) is 0 Å². The van der Waals surface area contributed by atoms with Gasteiger partial charge in [0.05, 0.1) is 18.9 Å². The summed E-state index contributed by atoms with van der Waals surface area (Å²) in [4.78, 5) is 80.3. The molecule has 0 saturated carbocycles. The molecule has 0 fully saturated rings. The number of hydrogen-bond acceptors (Lipinski definition) is 8. The molecule has 1 aromatic heterocycles. The number of fused-ring (bicyclic) bond motifs is 1. The Bertz CT molecular complexity index is 1340. The van der Waals surface area contributed by atoms with Crippen molar-refractivity contribution >= 4 is 52.4 Å². The Morgan fingerprint density at radius 1 is 0.857 bits per heavy atom. The molecule has 0 aliphatic rings. The zero-order chi connectivity index (χ0) is 31.4. The van der Waals surface area contributed by atoms with Gasteiger partial charge in [-0.2, -0.15) is 0 Å². The zero-order valence-electron chi connectivity index (χ0n) is 22.5. The van der Waals surface area contributed by atoms with Gasteiger partial charge in [-0.3, -0.25) is 29.0 Å². The SMILES string of the molecule is NC(=O)CC(NC(=O)C(CC(=O)O)NC(=O)C(N)CCCN=C(N)N)C(=O)NC(Cc1c[nH]c2ccccc12)C(=O)O. The fourth-order valence-corrected chi connectivity index (χ4v) is 3.99. The van der Waals surface area contributed by atoms with E-state index in [1.165, 1.54) is 0 Å². The van der Waals surface area contributed by atoms with Gasteiger partial charge in [-0.05, 0) is 24.5 Å². The molecule has 42 heavy (non-hydrogen) atoms. The van der Waals surface area contributed by atoms with E-state index >= 15 is 0 Å². The quantitative estimate of drug-likeness (QED) is 0.0503. The van der Waals surface area contributed by atoms with Crippen LogP contribution in [0.25, 0.3) is 10.9 Å². The average molecular weight is 590 g/mol. The first-order valence-electron chi connectivity index (χ1n) is 12.8. The second-order valence-corrected chi connectivity index (χ2v) is 9.41. The topological polar surface area (TPSA) is 311 Å². The molecular weight excluding hydrogens is 554 g/mol. The van der Waals surface area contributed by atoms with E-state index in [2.05, 4.69) is 25.9 Å². The number of para-hydroxylation sites is 1. The number of aliphatic carboxylic acids is 2. The Kier molecular flexibility index (Phi) is 12.2. The molecule has 4 unspecified atom stereocenters. The van der Waals surface area contributed by atoms with Crippen molar-refractivity contribution in [1.29, 1.82) is 0 Å². The van der Waals surface area contributed by atoms with Crippen LogP contribution in [0.5, 0.6) is 0 Å². The molecule has 17 heteroatoms. The second-order valence-electron chi connectivity index (χ2n) is 9.41. The van der Waals surface area contributed by atoms with Gasteiger partial charge in [-0.15, -0.1) is 0 Å². The first-order chi connectivity index (χ1) is 19.8. The van der Waals surface area contributed by atoms with E-state index in [0.29, 0.717) is 12.0 Å². The van der Waals surface area contributed by atoms with Gasteiger partial charge in [-0.25, -0.2) is 4.79 Å².